The van der Waals surface area contributed by atoms with E-state index in [4.69, 9.17) is 20.5 Å². The molecule has 0 fully saturated rings. The highest BCUT2D eigenvalue weighted by Gasteiger charge is 2.16. The number of imidazole rings is 1. The minimum Gasteiger partial charge on any atom is -0.494 e. The normalized spacial score (nSPS) is 10.8. The second kappa shape index (κ2) is 6.35. The molecule has 3 aromatic rings. The van der Waals surface area contributed by atoms with Crippen molar-refractivity contribution in [3.63, 3.8) is 0 Å². The zero-order chi connectivity index (χ0) is 17.3. The molecule has 2 aromatic carbocycles. The Kier molecular flexibility index (Phi) is 4.24. The predicted molar refractivity (Wildman–Crippen MR) is 90.2 cm³/mol. The Hall–Kier alpha value is -2.84. The molecule has 0 saturated carbocycles. The van der Waals surface area contributed by atoms with E-state index >= 15 is 0 Å². The van der Waals surface area contributed by atoms with Gasteiger partial charge in [-0.2, -0.15) is 0 Å². The third-order valence-electron chi connectivity index (χ3n) is 3.85. The molecule has 0 bridgehead atoms. The second-order valence-corrected chi connectivity index (χ2v) is 5.37. The van der Waals surface area contributed by atoms with Crippen LogP contribution in [0.15, 0.2) is 42.7 Å². The second-order valence-electron chi connectivity index (χ2n) is 5.37. The highest BCUT2D eigenvalue weighted by Crippen LogP contribution is 2.28. The average Bonchev–Trinajstić information content (AvgIpc) is 2.97. The predicted octanol–water partition coefficient (Wildman–Crippen LogP) is -0.128. The van der Waals surface area contributed by atoms with Gasteiger partial charge >= 0.3 is 7.12 Å². The Labute approximate surface area is 138 Å². The van der Waals surface area contributed by atoms with Crippen molar-refractivity contribution >= 4 is 29.5 Å². The van der Waals surface area contributed by atoms with Crippen LogP contribution in [0.25, 0.3) is 11.0 Å². The van der Waals surface area contributed by atoms with E-state index in [-0.39, 0.29) is 5.56 Å². The van der Waals surface area contributed by atoms with Crippen LogP contribution in [-0.2, 0) is 6.54 Å². The number of primary amides is 1. The molecule has 4 N–H and O–H groups in total. The smallest absolute Gasteiger partial charge is 0.488 e. The first kappa shape index (κ1) is 16.0. The van der Waals surface area contributed by atoms with Crippen molar-refractivity contribution in [1.82, 2.24) is 9.55 Å². The van der Waals surface area contributed by atoms with Crippen LogP contribution in [0.1, 0.15) is 15.9 Å². The molecule has 0 spiro atoms. The number of nitrogens with zero attached hydrogens (tertiary/aromatic N) is 2. The summed E-state index contributed by atoms with van der Waals surface area (Å²) in [5, 5.41) is 18.3. The Morgan fingerprint density at radius 2 is 1.96 bits per heavy atom. The molecule has 0 aliphatic heterocycles. The fraction of sp³-hybridized carbons (Fsp3) is 0.125. The number of carbonyl (C=O) groups excluding carboxylic acids is 1. The van der Waals surface area contributed by atoms with Crippen molar-refractivity contribution in [2.24, 2.45) is 5.73 Å². The van der Waals surface area contributed by atoms with Crippen LogP contribution >= 0.6 is 0 Å². The van der Waals surface area contributed by atoms with E-state index in [0.717, 1.165) is 11.1 Å². The van der Waals surface area contributed by atoms with Gasteiger partial charge in [0.05, 0.1) is 24.5 Å². The molecule has 7 nitrogen and oxygen atoms in total. The lowest BCUT2D eigenvalue weighted by molar-refractivity contribution is 0.0997. The van der Waals surface area contributed by atoms with Crippen LogP contribution in [0, 0.1) is 0 Å². The topological polar surface area (TPSA) is 111 Å². The number of nitrogens with two attached hydrogens (primary N) is 1. The lowest BCUT2D eigenvalue weighted by Gasteiger charge is -2.09. The molecule has 0 radical (unpaired) electrons. The van der Waals surface area contributed by atoms with Crippen LogP contribution in [0.2, 0.25) is 0 Å². The molecule has 0 saturated heterocycles. The van der Waals surface area contributed by atoms with Crippen molar-refractivity contribution in [3.8, 4) is 5.75 Å². The maximum absolute atomic E-state index is 11.5. The summed E-state index contributed by atoms with van der Waals surface area (Å²) in [6.45, 7) is 0.539. The van der Waals surface area contributed by atoms with Crippen LogP contribution in [0.5, 0.6) is 5.75 Å². The van der Waals surface area contributed by atoms with Gasteiger partial charge in [0.15, 0.2) is 5.75 Å². The van der Waals surface area contributed by atoms with Gasteiger partial charge in [-0.05, 0) is 23.2 Å². The summed E-state index contributed by atoms with van der Waals surface area (Å²) in [4.78, 5) is 15.8. The van der Waals surface area contributed by atoms with E-state index in [0.29, 0.717) is 23.3 Å². The molecule has 0 aliphatic rings. The first-order valence-electron chi connectivity index (χ1n) is 7.28. The van der Waals surface area contributed by atoms with Crippen LogP contribution in [0.4, 0.5) is 0 Å². The van der Waals surface area contributed by atoms with Crippen molar-refractivity contribution < 1.29 is 19.6 Å². The summed E-state index contributed by atoms with van der Waals surface area (Å²) in [6, 6.07) is 10.3. The quantitative estimate of drug-likeness (QED) is 0.566. The lowest BCUT2D eigenvalue weighted by Crippen LogP contribution is -2.29. The Morgan fingerprint density at radius 1 is 1.25 bits per heavy atom. The largest absolute Gasteiger partial charge is 0.494 e. The number of carbonyl (C=O) groups is 1. The Morgan fingerprint density at radius 3 is 2.54 bits per heavy atom. The minimum absolute atomic E-state index is 0.288. The van der Waals surface area contributed by atoms with E-state index in [1.807, 2.05) is 16.7 Å². The summed E-state index contributed by atoms with van der Waals surface area (Å²) in [5.74, 6) is -0.209. The summed E-state index contributed by atoms with van der Waals surface area (Å²) in [7, 11) is -0.0105. The van der Waals surface area contributed by atoms with Crippen LogP contribution in [-0.4, -0.2) is 39.7 Å². The molecule has 1 aromatic heterocycles. The lowest BCUT2D eigenvalue weighted by atomic mass is 9.80. The monoisotopic (exact) mass is 325 g/mol. The van der Waals surface area contributed by atoms with E-state index < -0.39 is 13.0 Å². The third-order valence-corrected chi connectivity index (χ3v) is 3.85. The van der Waals surface area contributed by atoms with Crippen molar-refractivity contribution in [3.05, 3.63) is 53.9 Å². The molecule has 3 rings (SSSR count). The first-order chi connectivity index (χ1) is 11.5. The number of aromatic nitrogens is 2. The molecule has 24 heavy (non-hydrogen) atoms. The van der Waals surface area contributed by atoms with Gasteiger partial charge in [-0.1, -0.05) is 24.3 Å². The Balaban J connectivity index is 1.97. The maximum atomic E-state index is 11.5. The number of ether oxygens (including phenoxy) is 1. The fourth-order valence-electron chi connectivity index (χ4n) is 2.63. The summed E-state index contributed by atoms with van der Waals surface area (Å²) >= 11 is 0. The fourth-order valence-corrected chi connectivity index (χ4v) is 2.63. The molecule has 1 heterocycles. The molecule has 122 valence electrons. The van der Waals surface area contributed by atoms with Gasteiger partial charge in [-0.3, -0.25) is 4.79 Å². The van der Waals surface area contributed by atoms with Gasteiger partial charge in [0.1, 0.15) is 5.52 Å². The summed E-state index contributed by atoms with van der Waals surface area (Å²) < 4.78 is 7.20. The summed E-state index contributed by atoms with van der Waals surface area (Å²) in [5.41, 5.74) is 8.42. The molecular weight excluding hydrogens is 309 g/mol. The molecular formula is C16H16BN3O4. The van der Waals surface area contributed by atoms with E-state index in [2.05, 4.69) is 4.98 Å². The standard InChI is InChI=1S/C16H16BN3O4/c1-24-15-12(16(18)21)6-7-13-14(15)19-9-20(13)8-10-2-4-11(5-3-10)17(22)23/h2-7,9,22-23H,8H2,1H3,(H2,18,21). The van der Waals surface area contributed by atoms with Crippen LogP contribution in [0.3, 0.4) is 0 Å². The zero-order valence-electron chi connectivity index (χ0n) is 13.0. The van der Waals surface area contributed by atoms with Crippen molar-refractivity contribution in [2.75, 3.05) is 7.11 Å². The number of hydrogen-bond acceptors (Lipinski definition) is 5. The third kappa shape index (κ3) is 2.84. The van der Waals surface area contributed by atoms with Crippen molar-refractivity contribution in [2.45, 2.75) is 6.54 Å². The molecule has 0 unspecified atom stereocenters. The summed E-state index contributed by atoms with van der Waals surface area (Å²) in [6.07, 6.45) is 1.66. The van der Waals surface area contributed by atoms with Gasteiger partial charge in [-0.15, -0.1) is 0 Å². The first-order valence-corrected chi connectivity index (χ1v) is 7.28. The van der Waals surface area contributed by atoms with Crippen LogP contribution < -0.4 is 15.9 Å². The van der Waals surface area contributed by atoms with E-state index in [1.54, 1.807) is 30.6 Å². The van der Waals surface area contributed by atoms with Gasteiger partial charge in [0, 0.05) is 6.54 Å². The SMILES string of the molecule is COc1c(C(N)=O)ccc2c1ncn2Cc1ccc(B(O)O)cc1. The molecule has 8 heteroatoms. The molecule has 1 amide bonds. The number of methoxy groups -OCH3 is 1. The number of amides is 1. The molecule has 0 aliphatic carbocycles. The number of benzene rings is 2. The number of hydrogen-bond donors (Lipinski definition) is 3. The highest BCUT2D eigenvalue weighted by molar-refractivity contribution is 6.58. The number of rotatable bonds is 5. The number of fused-ring (bicyclic) bond motifs is 1. The van der Waals surface area contributed by atoms with Gasteiger partial charge in [0.25, 0.3) is 5.91 Å². The minimum atomic E-state index is -1.48. The average molecular weight is 325 g/mol. The Bertz CT molecular complexity index is 890. The van der Waals surface area contributed by atoms with Gasteiger partial charge in [0.2, 0.25) is 0 Å². The van der Waals surface area contributed by atoms with E-state index in [1.165, 1.54) is 7.11 Å². The van der Waals surface area contributed by atoms with Gasteiger partial charge < -0.3 is 25.1 Å². The maximum Gasteiger partial charge on any atom is 0.488 e. The van der Waals surface area contributed by atoms with Gasteiger partial charge in [-0.25, -0.2) is 4.98 Å². The zero-order valence-corrected chi connectivity index (χ0v) is 13.0. The van der Waals surface area contributed by atoms with E-state index in [9.17, 15) is 4.79 Å². The van der Waals surface area contributed by atoms with Crippen molar-refractivity contribution in [1.29, 1.82) is 0 Å². The molecule has 0 atom stereocenters. The highest BCUT2D eigenvalue weighted by atomic mass is 16.5.